The lowest BCUT2D eigenvalue weighted by Gasteiger charge is -2.22. The van der Waals surface area contributed by atoms with Crippen LogP contribution in [-0.2, 0) is 6.54 Å². The van der Waals surface area contributed by atoms with Crippen molar-refractivity contribution in [3.8, 4) is 0 Å². The van der Waals surface area contributed by atoms with Gasteiger partial charge in [-0.05, 0) is 47.2 Å². The lowest BCUT2D eigenvalue weighted by atomic mass is 9.96. The van der Waals surface area contributed by atoms with Crippen molar-refractivity contribution in [3.05, 3.63) is 42.0 Å². The maximum absolute atomic E-state index is 5.83. The van der Waals surface area contributed by atoms with Crippen molar-refractivity contribution in [2.24, 2.45) is 5.73 Å². The summed E-state index contributed by atoms with van der Waals surface area (Å²) in [5.74, 6) is 0. The molecule has 20 heavy (non-hydrogen) atoms. The Balaban J connectivity index is 1.80. The molecule has 0 saturated heterocycles. The number of nitrogens with two attached hydrogens (primary N) is 1. The fourth-order valence-electron chi connectivity index (χ4n) is 2.97. The second-order valence-electron chi connectivity index (χ2n) is 5.53. The fourth-order valence-corrected chi connectivity index (χ4v) is 3.92. The Bertz CT molecular complexity index is 576. The van der Waals surface area contributed by atoms with Crippen molar-refractivity contribution in [2.45, 2.75) is 49.6 Å². The molecule has 0 aromatic heterocycles. The van der Waals surface area contributed by atoms with Crippen molar-refractivity contribution < 1.29 is 0 Å². The van der Waals surface area contributed by atoms with E-state index >= 15 is 0 Å². The van der Waals surface area contributed by atoms with Crippen molar-refractivity contribution in [2.75, 3.05) is 0 Å². The van der Waals surface area contributed by atoms with Gasteiger partial charge in [-0.3, -0.25) is 4.72 Å². The summed E-state index contributed by atoms with van der Waals surface area (Å²) in [4.78, 5) is 1.31. The SMILES string of the molecule is NCc1ccc(SNC2CCCCC2)c2ccccc12. The zero-order valence-corrected chi connectivity index (χ0v) is 12.6. The smallest absolute Gasteiger partial charge is 0.0306 e. The third-order valence-corrected chi connectivity index (χ3v) is 5.16. The third-order valence-electron chi connectivity index (χ3n) is 4.14. The minimum atomic E-state index is 0.599. The second kappa shape index (κ2) is 6.61. The highest BCUT2D eigenvalue weighted by Gasteiger charge is 2.13. The minimum absolute atomic E-state index is 0.599. The van der Waals surface area contributed by atoms with Crippen molar-refractivity contribution >= 4 is 22.7 Å². The zero-order valence-electron chi connectivity index (χ0n) is 11.8. The van der Waals surface area contributed by atoms with Gasteiger partial charge in [-0.15, -0.1) is 0 Å². The highest BCUT2D eigenvalue weighted by Crippen LogP contribution is 2.30. The van der Waals surface area contributed by atoms with Gasteiger partial charge in [0.15, 0.2) is 0 Å². The van der Waals surface area contributed by atoms with E-state index in [0.717, 1.165) is 0 Å². The lowest BCUT2D eigenvalue weighted by Crippen LogP contribution is -2.25. The Morgan fingerprint density at radius 3 is 2.50 bits per heavy atom. The Morgan fingerprint density at radius 1 is 1.00 bits per heavy atom. The molecule has 1 saturated carbocycles. The van der Waals surface area contributed by atoms with Gasteiger partial charge in [0.2, 0.25) is 0 Å². The first kappa shape index (κ1) is 13.9. The number of hydrogen-bond acceptors (Lipinski definition) is 3. The Morgan fingerprint density at radius 2 is 1.75 bits per heavy atom. The Hall–Kier alpha value is -1.03. The number of fused-ring (bicyclic) bond motifs is 1. The summed E-state index contributed by atoms with van der Waals surface area (Å²) < 4.78 is 3.65. The van der Waals surface area contributed by atoms with Crippen LogP contribution >= 0.6 is 11.9 Å². The average Bonchev–Trinajstić information content (AvgIpc) is 2.53. The monoisotopic (exact) mass is 286 g/mol. The molecule has 3 N–H and O–H groups in total. The molecule has 0 aliphatic heterocycles. The van der Waals surface area contributed by atoms with Crippen LogP contribution in [0.15, 0.2) is 41.3 Å². The molecule has 3 rings (SSSR count). The molecule has 1 aliphatic carbocycles. The van der Waals surface area contributed by atoms with E-state index in [1.54, 1.807) is 11.9 Å². The molecule has 3 heteroatoms. The summed E-state index contributed by atoms with van der Waals surface area (Å²) in [6.07, 6.45) is 6.75. The van der Waals surface area contributed by atoms with Gasteiger partial charge >= 0.3 is 0 Å². The molecule has 0 unspecified atom stereocenters. The quantitative estimate of drug-likeness (QED) is 0.826. The maximum atomic E-state index is 5.83. The van der Waals surface area contributed by atoms with Crippen LogP contribution < -0.4 is 10.5 Å². The van der Waals surface area contributed by atoms with Gasteiger partial charge in [-0.2, -0.15) is 0 Å². The Labute approximate surface area is 125 Å². The van der Waals surface area contributed by atoms with Gasteiger partial charge in [0.05, 0.1) is 0 Å². The summed E-state index contributed by atoms with van der Waals surface area (Å²) >= 11 is 1.78. The van der Waals surface area contributed by atoms with E-state index in [1.165, 1.54) is 53.3 Å². The molecule has 0 amide bonds. The van der Waals surface area contributed by atoms with Gasteiger partial charge in [0.1, 0.15) is 0 Å². The van der Waals surface area contributed by atoms with Crippen LogP contribution in [-0.4, -0.2) is 6.04 Å². The molecule has 106 valence electrons. The molecular formula is C17H22N2S. The molecule has 2 aromatic rings. The summed E-state index contributed by atoms with van der Waals surface area (Å²) in [6, 6.07) is 13.6. The van der Waals surface area contributed by atoms with E-state index in [1.807, 2.05) is 0 Å². The second-order valence-corrected chi connectivity index (χ2v) is 6.41. The van der Waals surface area contributed by atoms with E-state index in [-0.39, 0.29) is 0 Å². The van der Waals surface area contributed by atoms with Gasteiger partial charge in [0, 0.05) is 17.5 Å². The third kappa shape index (κ3) is 3.00. The molecular weight excluding hydrogens is 264 g/mol. The molecule has 1 fully saturated rings. The van der Waals surface area contributed by atoms with E-state index < -0.39 is 0 Å². The van der Waals surface area contributed by atoms with Gasteiger partial charge in [-0.1, -0.05) is 49.6 Å². The standard InChI is InChI=1S/C17H22N2S/c18-12-13-10-11-17(16-9-5-4-8-15(13)16)20-19-14-6-2-1-3-7-14/h4-5,8-11,14,19H,1-3,6-7,12,18H2. The molecule has 2 aromatic carbocycles. The summed E-state index contributed by atoms with van der Waals surface area (Å²) in [5, 5.41) is 2.59. The number of benzene rings is 2. The molecule has 0 radical (unpaired) electrons. The molecule has 1 aliphatic rings. The first-order valence-electron chi connectivity index (χ1n) is 7.51. The van der Waals surface area contributed by atoms with Crippen molar-refractivity contribution in [3.63, 3.8) is 0 Å². The van der Waals surface area contributed by atoms with Crippen LogP contribution in [0, 0.1) is 0 Å². The van der Waals surface area contributed by atoms with E-state index in [2.05, 4.69) is 41.1 Å². The molecule has 0 bridgehead atoms. The maximum Gasteiger partial charge on any atom is 0.0306 e. The molecule has 2 nitrogen and oxygen atoms in total. The van der Waals surface area contributed by atoms with E-state index in [4.69, 9.17) is 5.73 Å². The van der Waals surface area contributed by atoms with Crippen LogP contribution in [0.5, 0.6) is 0 Å². The molecule has 0 heterocycles. The first-order chi connectivity index (χ1) is 9.88. The van der Waals surface area contributed by atoms with Crippen LogP contribution in [0.3, 0.4) is 0 Å². The highest BCUT2D eigenvalue weighted by atomic mass is 32.2. The normalized spacial score (nSPS) is 16.6. The topological polar surface area (TPSA) is 38.0 Å². The van der Waals surface area contributed by atoms with Crippen LogP contribution in [0.1, 0.15) is 37.7 Å². The van der Waals surface area contributed by atoms with Crippen molar-refractivity contribution in [1.82, 2.24) is 4.72 Å². The van der Waals surface area contributed by atoms with Gasteiger partial charge < -0.3 is 5.73 Å². The zero-order chi connectivity index (χ0) is 13.8. The van der Waals surface area contributed by atoms with Crippen LogP contribution in [0.2, 0.25) is 0 Å². The van der Waals surface area contributed by atoms with Crippen LogP contribution in [0.25, 0.3) is 10.8 Å². The summed E-state index contributed by atoms with van der Waals surface area (Å²) in [5.41, 5.74) is 7.06. The molecule has 0 atom stereocenters. The number of rotatable bonds is 4. The van der Waals surface area contributed by atoms with E-state index in [0.29, 0.717) is 12.6 Å². The predicted octanol–water partition coefficient (Wildman–Crippen LogP) is 4.23. The summed E-state index contributed by atoms with van der Waals surface area (Å²) in [6.45, 7) is 0.599. The fraction of sp³-hybridized carbons (Fsp3) is 0.412. The number of hydrogen-bond donors (Lipinski definition) is 2. The van der Waals surface area contributed by atoms with Crippen LogP contribution in [0.4, 0.5) is 0 Å². The highest BCUT2D eigenvalue weighted by molar-refractivity contribution is 7.97. The first-order valence-corrected chi connectivity index (χ1v) is 8.33. The van der Waals surface area contributed by atoms with E-state index in [9.17, 15) is 0 Å². The molecule has 0 spiro atoms. The van der Waals surface area contributed by atoms with Crippen molar-refractivity contribution in [1.29, 1.82) is 0 Å². The van der Waals surface area contributed by atoms with Gasteiger partial charge in [-0.25, -0.2) is 0 Å². The predicted molar refractivity (Wildman–Crippen MR) is 87.7 cm³/mol. The minimum Gasteiger partial charge on any atom is -0.326 e. The Kier molecular flexibility index (Phi) is 4.61. The largest absolute Gasteiger partial charge is 0.326 e. The summed E-state index contributed by atoms with van der Waals surface area (Å²) in [7, 11) is 0. The lowest BCUT2D eigenvalue weighted by molar-refractivity contribution is 0.423. The average molecular weight is 286 g/mol. The van der Waals surface area contributed by atoms with Gasteiger partial charge in [0.25, 0.3) is 0 Å². The number of nitrogens with one attached hydrogen (secondary N) is 1.